The molecular formula is C81H109N3O5. The molecule has 8 spiro atoms. The van der Waals surface area contributed by atoms with Crippen LogP contribution in [0.4, 0.5) is 0 Å². The highest BCUT2D eigenvalue weighted by molar-refractivity contribution is 6.00. The van der Waals surface area contributed by atoms with Gasteiger partial charge in [0.1, 0.15) is 11.2 Å². The quantitative estimate of drug-likeness (QED) is 0.196. The number of carbonyl (C=O) groups excluding carboxylic acids is 2. The Hall–Kier alpha value is -3.36. The van der Waals surface area contributed by atoms with E-state index in [1.54, 1.807) is 22.4 Å². The van der Waals surface area contributed by atoms with Gasteiger partial charge in [0, 0.05) is 66.1 Å². The van der Waals surface area contributed by atoms with Crippen molar-refractivity contribution in [2.75, 3.05) is 19.6 Å². The van der Waals surface area contributed by atoms with Crippen molar-refractivity contribution in [1.29, 1.82) is 0 Å². The lowest BCUT2D eigenvalue weighted by Gasteiger charge is -2.74. The summed E-state index contributed by atoms with van der Waals surface area (Å²) >= 11 is 0. The van der Waals surface area contributed by atoms with Gasteiger partial charge in [0.05, 0.1) is 11.0 Å². The molecule has 4 saturated heterocycles. The number of hydrogen-bond donors (Lipinski definition) is 2. The highest BCUT2D eigenvalue weighted by Gasteiger charge is 2.95. The Bertz CT molecular complexity index is 3350. The first-order chi connectivity index (χ1) is 43.3. The number of nitrogens with two attached hydrogens (primary N) is 1. The Morgan fingerprint density at radius 1 is 0.764 bits per heavy atom. The molecule has 0 radical (unpaired) electrons. The highest BCUT2D eigenvalue weighted by atomic mass is 16.6. The molecule has 8 heteroatoms. The monoisotopic (exact) mass is 1200 g/mol. The molecule has 8 nitrogen and oxygen atoms in total. The van der Waals surface area contributed by atoms with Crippen molar-refractivity contribution in [2.24, 2.45) is 115 Å². The number of benzene rings is 1. The first-order valence-corrected chi connectivity index (χ1v) is 38.7. The van der Waals surface area contributed by atoms with E-state index in [0.29, 0.717) is 93.7 Å². The lowest BCUT2D eigenvalue weighted by Crippen LogP contribution is -2.78. The number of allylic oxidation sites excluding steroid dienone is 4. The van der Waals surface area contributed by atoms with Gasteiger partial charge in [-0.2, -0.15) is 0 Å². The number of piperidine rings is 3. The predicted octanol–water partition coefficient (Wildman–Crippen LogP) is 17.3. The minimum absolute atomic E-state index is 0.0783. The van der Waals surface area contributed by atoms with Gasteiger partial charge in [0.2, 0.25) is 0 Å². The molecule has 7 heterocycles. The van der Waals surface area contributed by atoms with Crippen molar-refractivity contribution in [3.05, 3.63) is 80.5 Å². The van der Waals surface area contributed by atoms with Crippen LogP contribution in [0.1, 0.15) is 267 Å². The summed E-state index contributed by atoms with van der Waals surface area (Å²) in [4.78, 5) is 39.8. The van der Waals surface area contributed by atoms with Gasteiger partial charge in [-0.1, -0.05) is 113 Å². The molecule has 9 bridgehead atoms. The Morgan fingerprint density at radius 3 is 2.44 bits per heavy atom. The molecule has 12 fully saturated rings. The average Bonchev–Trinajstić information content (AvgIpc) is 1.23. The van der Waals surface area contributed by atoms with Crippen LogP contribution in [0.5, 0.6) is 0 Å². The SMILES string of the molecule is CC(C)CC[C@H]1CC[C@]2(CCC[C@H]([C@@H]3/C=C4/CC[C@]56C[C@H]4C4=C7CC[C@@]89/C(=C(\O)[C@@H]%10CC[C@@H]%11[C@H]%12C[C@@H](CN%11[C@@H]%10[C@@H]%10CC%11(CCCC%11)[C@@]%11(CCCC%11%13CCCC%13)C%10)[C@H]%10CCC(=C([C@@H]75)N%10C%12)C[C@H]6C)OC(=O)[C@@]48[C@H](C3)[C@@]93OC(=O)c4c(CCCN)cccc43)C2)C1. The summed E-state index contributed by atoms with van der Waals surface area (Å²) in [5.41, 5.74) is 15.9. The smallest absolute Gasteiger partial charge is 0.339 e. The molecule has 8 saturated carbocycles. The maximum absolute atomic E-state index is 17.5. The van der Waals surface area contributed by atoms with Crippen molar-refractivity contribution in [2.45, 2.75) is 276 Å². The summed E-state index contributed by atoms with van der Waals surface area (Å²) in [5, 5.41) is 14.9. The molecule has 478 valence electrons. The molecule has 3 N–H and O–H groups in total. The molecule has 0 aromatic heterocycles. The van der Waals surface area contributed by atoms with Gasteiger partial charge in [-0.3, -0.25) is 9.69 Å². The lowest BCUT2D eigenvalue weighted by molar-refractivity contribution is -0.284. The van der Waals surface area contributed by atoms with E-state index in [1.807, 2.05) is 0 Å². The van der Waals surface area contributed by atoms with Crippen LogP contribution >= 0.6 is 0 Å². The van der Waals surface area contributed by atoms with Gasteiger partial charge in [0.15, 0.2) is 11.4 Å². The number of nitrogens with zero attached hydrogens (tertiary/aromatic N) is 2. The number of fused-ring (bicyclic) bond motifs is 10. The van der Waals surface area contributed by atoms with Gasteiger partial charge in [-0.15, -0.1) is 0 Å². The number of esters is 2. The Balaban J connectivity index is 0.831. The first-order valence-electron chi connectivity index (χ1n) is 38.7. The third kappa shape index (κ3) is 6.66. The number of aryl methyl sites for hydroxylation is 1. The molecule has 20 atom stereocenters. The van der Waals surface area contributed by atoms with Crippen LogP contribution in [0.25, 0.3) is 0 Å². The van der Waals surface area contributed by atoms with Crippen LogP contribution < -0.4 is 5.73 Å². The molecule has 7 aliphatic heterocycles. The van der Waals surface area contributed by atoms with Crippen molar-refractivity contribution < 1.29 is 24.2 Å². The number of ether oxygens (including phenoxy) is 2. The molecule has 12 aliphatic carbocycles. The second-order valence-electron chi connectivity index (χ2n) is 36.8. The summed E-state index contributed by atoms with van der Waals surface area (Å²) in [7, 11) is 0. The average molecular weight is 1200 g/mol. The summed E-state index contributed by atoms with van der Waals surface area (Å²) in [6, 6.07) is 7.93. The van der Waals surface area contributed by atoms with Crippen LogP contribution in [0.2, 0.25) is 0 Å². The Kier molecular flexibility index (Phi) is 11.9. The van der Waals surface area contributed by atoms with Gasteiger partial charge < -0.3 is 25.2 Å². The Labute approximate surface area is 533 Å². The van der Waals surface area contributed by atoms with Crippen LogP contribution in [0.3, 0.4) is 0 Å². The first kappa shape index (κ1) is 56.0. The van der Waals surface area contributed by atoms with E-state index < -0.39 is 16.4 Å². The van der Waals surface area contributed by atoms with Crippen molar-refractivity contribution in [1.82, 2.24) is 9.80 Å². The number of hydrogen-bond acceptors (Lipinski definition) is 8. The number of aliphatic hydroxyl groups excluding tert-OH is 1. The fourth-order valence-electron chi connectivity index (χ4n) is 31.5. The summed E-state index contributed by atoms with van der Waals surface area (Å²) < 4.78 is 15.5. The minimum Gasteiger partial charge on any atom is -0.508 e. The standard InChI is InChI=1S/C81H109N3O5/c1-47(2)16-17-49-22-32-74(40-49)25-9-13-53(41-74)54-37-51-23-33-77-44-60(51)66-58-24-34-79-71(88-73(87)80(66,79)64(39-54)81(79)61-15-8-12-50(14-10-35-82)65(61)72(86)89-81)70(85)59-19-21-63-56-38-55(62-20-18-52(36-48(77)3)69(67(58)77)84(62)46-56)45-83(63)68(59)57-42-76(28-6-7-29-76)78(43-57)31-11-30-75(78)26-4-5-27-75/h8,12,15,37,47-49,53-57,59-60,62-64,67-68,85H,4-7,9-11,13-14,16-36,38-46,82H2,1-3H3/b51-37-,71-70+/t48-,49+,53+,54-,55+,56+,57-,59-,60-,62-,63-,64+,67-,68-,74-,77-,78+,79-,80-,81-/m1/s1. The zero-order valence-electron chi connectivity index (χ0n) is 55.1. The van der Waals surface area contributed by atoms with Gasteiger partial charge in [-0.05, 0) is 272 Å². The maximum Gasteiger partial charge on any atom is 0.339 e. The van der Waals surface area contributed by atoms with Gasteiger partial charge >= 0.3 is 11.9 Å². The van der Waals surface area contributed by atoms with Crippen LogP contribution in [-0.4, -0.2) is 64.6 Å². The van der Waals surface area contributed by atoms with Gasteiger partial charge in [0.25, 0.3) is 0 Å². The highest BCUT2D eigenvalue weighted by Crippen LogP contribution is 2.90. The minimum atomic E-state index is -1.16. The van der Waals surface area contributed by atoms with E-state index >= 15 is 9.59 Å². The van der Waals surface area contributed by atoms with Crippen molar-refractivity contribution in [3.63, 3.8) is 0 Å². The van der Waals surface area contributed by atoms with E-state index in [1.165, 1.54) is 185 Å². The normalized spacial score (nSPS) is 49.9. The molecule has 0 amide bonds. The molecule has 0 unspecified atom stereocenters. The summed E-state index contributed by atoms with van der Waals surface area (Å²) in [6.45, 7) is 10.4. The van der Waals surface area contributed by atoms with Crippen LogP contribution in [-0.2, 0) is 26.3 Å². The second kappa shape index (κ2) is 19.0. The van der Waals surface area contributed by atoms with Crippen molar-refractivity contribution in [3.8, 4) is 0 Å². The van der Waals surface area contributed by atoms with E-state index in [9.17, 15) is 5.11 Å². The number of rotatable bonds is 8. The second-order valence-corrected chi connectivity index (χ2v) is 36.8. The van der Waals surface area contributed by atoms with Gasteiger partial charge in [-0.25, -0.2) is 4.79 Å². The molecule has 1 aromatic rings. The molecule has 1 aromatic carbocycles. The number of aliphatic hydroxyl groups is 1. The number of carbonyl (C=O) groups is 2. The third-order valence-electron chi connectivity index (χ3n) is 34.0. The zero-order chi connectivity index (χ0) is 59.6. The van der Waals surface area contributed by atoms with E-state index in [2.05, 4.69) is 54.8 Å². The summed E-state index contributed by atoms with van der Waals surface area (Å²) in [5.74, 6) is 5.40. The topological polar surface area (TPSA) is 105 Å². The third-order valence-corrected chi connectivity index (χ3v) is 34.0. The molecule has 19 aliphatic rings. The fourth-order valence-corrected chi connectivity index (χ4v) is 31.5. The van der Waals surface area contributed by atoms with Crippen molar-refractivity contribution >= 4 is 11.9 Å². The molecule has 89 heavy (non-hydrogen) atoms. The van der Waals surface area contributed by atoms with Crippen LogP contribution in [0.15, 0.2) is 63.8 Å². The maximum atomic E-state index is 17.5. The zero-order valence-corrected chi connectivity index (χ0v) is 55.1. The largest absolute Gasteiger partial charge is 0.508 e. The molecule has 20 rings (SSSR count). The Morgan fingerprint density at radius 2 is 1.60 bits per heavy atom. The summed E-state index contributed by atoms with van der Waals surface area (Å²) in [6.07, 6.45) is 47.6. The van der Waals surface area contributed by atoms with E-state index in [-0.39, 0.29) is 47.1 Å². The van der Waals surface area contributed by atoms with Crippen LogP contribution in [0, 0.1) is 109 Å². The predicted molar refractivity (Wildman–Crippen MR) is 346 cm³/mol. The van der Waals surface area contributed by atoms with E-state index in [0.717, 1.165) is 86.4 Å². The fraction of sp³-hybridized carbons (Fsp3) is 0.802. The molecular weight excluding hydrogens is 1090 g/mol. The lowest BCUT2D eigenvalue weighted by atomic mass is 9.26. The van der Waals surface area contributed by atoms with E-state index in [4.69, 9.17) is 15.2 Å².